The molecule has 3 aromatic carbocycles. The van der Waals surface area contributed by atoms with Crippen LogP contribution in [-0.4, -0.2) is 29.3 Å². The Morgan fingerprint density at radius 3 is 2.55 bits per heavy atom. The summed E-state index contributed by atoms with van der Waals surface area (Å²) in [5, 5.41) is 7.78. The number of aryl methyl sites for hydroxylation is 1. The molecule has 1 aromatic heterocycles. The van der Waals surface area contributed by atoms with Crippen molar-refractivity contribution in [1.29, 1.82) is 0 Å². The van der Waals surface area contributed by atoms with Crippen LogP contribution in [0.15, 0.2) is 85.1 Å². The zero-order chi connectivity index (χ0) is 21.6. The van der Waals surface area contributed by atoms with E-state index in [4.69, 9.17) is 9.84 Å². The molecule has 1 N–H and O–H groups in total. The maximum absolute atomic E-state index is 13.1. The Balaban J connectivity index is 1.63. The van der Waals surface area contributed by atoms with Gasteiger partial charge in [0.05, 0.1) is 18.4 Å². The van der Waals surface area contributed by atoms with Crippen LogP contribution in [0.3, 0.4) is 0 Å². The molecule has 0 spiro atoms. The third kappa shape index (κ3) is 4.67. The Hall–Kier alpha value is -3.86. The Kier molecular flexibility index (Phi) is 6.13. The average Bonchev–Trinajstić information content (AvgIpc) is 3.25. The van der Waals surface area contributed by atoms with Crippen molar-refractivity contribution in [3.63, 3.8) is 0 Å². The molecule has 0 radical (unpaired) electrons. The highest BCUT2D eigenvalue weighted by Crippen LogP contribution is 2.31. The van der Waals surface area contributed by atoms with Gasteiger partial charge in [0.25, 0.3) is 5.91 Å². The first-order valence-electron chi connectivity index (χ1n) is 10.3. The van der Waals surface area contributed by atoms with E-state index < -0.39 is 0 Å². The highest BCUT2D eigenvalue weighted by Gasteiger charge is 2.20. The van der Waals surface area contributed by atoms with Crippen molar-refractivity contribution in [3.05, 3.63) is 102 Å². The SMILES string of the molecule is COc1ccccc1-c1nn(-c2ccccc2)cc1C(=O)NCCc1cccc(C)c1. The molecule has 31 heavy (non-hydrogen) atoms. The monoisotopic (exact) mass is 411 g/mol. The van der Waals surface area contributed by atoms with Crippen LogP contribution in [0.25, 0.3) is 16.9 Å². The van der Waals surface area contributed by atoms with Gasteiger partial charge in [0.15, 0.2) is 0 Å². The minimum atomic E-state index is -0.157. The maximum Gasteiger partial charge on any atom is 0.255 e. The fraction of sp³-hybridized carbons (Fsp3) is 0.154. The van der Waals surface area contributed by atoms with Crippen molar-refractivity contribution >= 4 is 5.91 Å². The van der Waals surface area contributed by atoms with Crippen molar-refractivity contribution < 1.29 is 9.53 Å². The number of nitrogens with one attached hydrogen (secondary N) is 1. The summed E-state index contributed by atoms with van der Waals surface area (Å²) in [7, 11) is 1.62. The fourth-order valence-electron chi connectivity index (χ4n) is 3.58. The van der Waals surface area contributed by atoms with Gasteiger partial charge in [-0.1, -0.05) is 60.2 Å². The number of carbonyl (C=O) groups is 1. The van der Waals surface area contributed by atoms with E-state index >= 15 is 0 Å². The largest absolute Gasteiger partial charge is 0.496 e. The van der Waals surface area contributed by atoms with E-state index in [0.717, 1.165) is 17.7 Å². The van der Waals surface area contributed by atoms with Crippen LogP contribution in [0.4, 0.5) is 0 Å². The number of hydrogen-bond donors (Lipinski definition) is 1. The fourth-order valence-corrected chi connectivity index (χ4v) is 3.58. The summed E-state index contributed by atoms with van der Waals surface area (Å²) >= 11 is 0. The quantitative estimate of drug-likeness (QED) is 0.474. The number of amides is 1. The summed E-state index contributed by atoms with van der Waals surface area (Å²) in [6.07, 6.45) is 2.54. The number of aromatic nitrogens is 2. The first-order valence-corrected chi connectivity index (χ1v) is 10.3. The molecule has 0 aliphatic heterocycles. The average molecular weight is 412 g/mol. The third-order valence-corrected chi connectivity index (χ3v) is 5.12. The molecule has 0 bridgehead atoms. The van der Waals surface area contributed by atoms with Gasteiger partial charge in [-0.05, 0) is 43.2 Å². The number of benzene rings is 3. The maximum atomic E-state index is 13.1. The molecule has 156 valence electrons. The van der Waals surface area contributed by atoms with Gasteiger partial charge in [-0.25, -0.2) is 4.68 Å². The molecule has 0 saturated carbocycles. The van der Waals surface area contributed by atoms with E-state index in [0.29, 0.717) is 23.6 Å². The molecule has 0 saturated heterocycles. The molecular weight excluding hydrogens is 386 g/mol. The minimum absolute atomic E-state index is 0.157. The van der Waals surface area contributed by atoms with Crippen LogP contribution in [0.1, 0.15) is 21.5 Å². The predicted octanol–water partition coefficient (Wildman–Crippen LogP) is 4.83. The van der Waals surface area contributed by atoms with Crippen molar-refractivity contribution in [2.24, 2.45) is 0 Å². The van der Waals surface area contributed by atoms with Crippen LogP contribution in [0.2, 0.25) is 0 Å². The normalized spacial score (nSPS) is 10.6. The molecular formula is C26H25N3O2. The second kappa shape index (κ2) is 9.30. The Morgan fingerprint density at radius 1 is 1.00 bits per heavy atom. The molecule has 1 heterocycles. The molecule has 0 aliphatic rings. The van der Waals surface area contributed by atoms with E-state index in [2.05, 4.69) is 30.4 Å². The summed E-state index contributed by atoms with van der Waals surface area (Å²) in [6.45, 7) is 2.61. The van der Waals surface area contributed by atoms with Gasteiger partial charge < -0.3 is 10.1 Å². The van der Waals surface area contributed by atoms with Gasteiger partial charge in [0.2, 0.25) is 0 Å². The van der Waals surface area contributed by atoms with Gasteiger partial charge in [0, 0.05) is 18.3 Å². The van der Waals surface area contributed by atoms with Crippen LogP contribution in [0.5, 0.6) is 5.75 Å². The van der Waals surface area contributed by atoms with E-state index in [1.165, 1.54) is 11.1 Å². The molecule has 4 rings (SSSR count). The van der Waals surface area contributed by atoms with Crippen molar-refractivity contribution in [3.8, 4) is 22.7 Å². The molecule has 0 aliphatic carbocycles. The number of methoxy groups -OCH3 is 1. The molecule has 1 amide bonds. The number of nitrogens with zero attached hydrogens (tertiary/aromatic N) is 2. The Bertz CT molecular complexity index is 1180. The van der Waals surface area contributed by atoms with Crippen molar-refractivity contribution in [2.75, 3.05) is 13.7 Å². The Morgan fingerprint density at radius 2 is 1.77 bits per heavy atom. The first-order chi connectivity index (χ1) is 15.2. The van der Waals surface area contributed by atoms with Gasteiger partial charge in [0.1, 0.15) is 11.4 Å². The molecule has 0 unspecified atom stereocenters. The van der Waals surface area contributed by atoms with Crippen molar-refractivity contribution in [2.45, 2.75) is 13.3 Å². The summed E-state index contributed by atoms with van der Waals surface area (Å²) in [4.78, 5) is 13.1. The number of carbonyl (C=O) groups excluding carboxylic acids is 1. The number of rotatable bonds is 7. The Labute approximate surface area is 182 Å². The summed E-state index contributed by atoms with van der Waals surface area (Å²) in [6, 6.07) is 25.7. The van der Waals surface area contributed by atoms with Gasteiger partial charge in [-0.2, -0.15) is 5.10 Å². The minimum Gasteiger partial charge on any atom is -0.496 e. The molecule has 0 fully saturated rings. The highest BCUT2D eigenvalue weighted by atomic mass is 16.5. The second-order valence-electron chi connectivity index (χ2n) is 7.37. The van der Waals surface area contributed by atoms with Gasteiger partial charge in [-0.3, -0.25) is 4.79 Å². The van der Waals surface area contributed by atoms with Crippen LogP contribution >= 0.6 is 0 Å². The van der Waals surface area contributed by atoms with Gasteiger partial charge in [-0.15, -0.1) is 0 Å². The highest BCUT2D eigenvalue weighted by molar-refractivity contribution is 6.00. The number of ether oxygens (including phenoxy) is 1. The smallest absolute Gasteiger partial charge is 0.255 e. The lowest BCUT2D eigenvalue weighted by Gasteiger charge is -2.09. The van der Waals surface area contributed by atoms with Crippen LogP contribution in [0, 0.1) is 6.92 Å². The second-order valence-corrected chi connectivity index (χ2v) is 7.37. The third-order valence-electron chi connectivity index (χ3n) is 5.12. The number of hydrogen-bond acceptors (Lipinski definition) is 3. The van der Waals surface area contributed by atoms with Crippen molar-refractivity contribution in [1.82, 2.24) is 15.1 Å². The van der Waals surface area contributed by atoms with Crippen LogP contribution < -0.4 is 10.1 Å². The zero-order valence-electron chi connectivity index (χ0n) is 17.7. The topological polar surface area (TPSA) is 56.2 Å². The summed E-state index contributed by atoms with van der Waals surface area (Å²) < 4.78 is 7.25. The standard InChI is InChI=1S/C26H25N3O2/c1-19-9-8-10-20(17-19)15-16-27-26(30)23-18-29(21-11-4-3-5-12-21)28-25(23)22-13-6-7-14-24(22)31-2/h3-14,17-18H,15-16H2,1-2H3,(H,27,30). The lowest BCUT2D eigenvalue weighted by molar-refractivity contribution is 0.0955. The molecule has 5 nitrogen and oxygen atoms in total. The molecule has 4 aromatic rings. The van der Waals surface area contributed by atoms with E-state index in [1.807, 2.05) is 60.7 Å². The first kappa shape index (κ1) is 20.4. The van der Waals surface area contributed by atoms with E-state index in [1.54, 1.807) is 18.0 Å². The van der Waals surface area contributed by atoms with Crippen LogP contribution in [-0.2, 0) is 6.42 Å². The zero-order valence-corrected chi connectivity index (χ0v) is 17.7. The summed E-state index contributed by atoms with van der Waals surface area (Å²) in [5.74, 6) is 0.519. The molecule has 0 atom stereocenters. The van der Waals surface area contributed by atoms with E-state index in [-0.39, 0.29) is 5.91 Å². The lowest BCUT2D eigenvalue weighted by Crippen LogP contribution is -2.25. The lowest BCUT2D eigenvalue weighted by atomic mass is 10.1. The predicted molar refractivity (Wildman–Crippen MR) is 123 cm³/mol. The summed E-state index contributed by atoms with van der Waals surface area (Å²) in [5.41, 5.74) is 5.18. The van der Waals surface area contributed by atoms with Gasteiger partial charge >= 0.3 is 0 Å². The molecule has 5 heteroatoms. The number of para-hydroxylation sites is 2. The van der Waals surface area contributed by atoms with E-state index in [9.17, 15) is 4.79 Å².